The van der Waals surface area contributed by atoms with Gasteiger partial charge in [-0.05, 0) is 30.4 Å². The standard InChI is InChI=1S/C22H30N6O5/c1-14(2)13-33-22(32)27-18(21(30)31)11-24-20(29)16-10-25-28(12-16)9-7-17-6-5-15-4-3-8-23-19(15)26-17/h5-6,10,12,14,18H,3-4,7-9,11,13H2,1-2H3,(H,23,26)(H,24,29)(H,27,32)(H,30,31). The summed E-state index contributed by atoms with van der Waals surface area (Å²) in [7, 11) is 0. The minimum atomic E-state index is -1.31. The molecule has 0 aliphatic carbocycles. The minimum absolute atomic E-state index is 0.120. The highest BCUT2D eigenvalue weighted by Gasteiger charge is 2.22. The maximum Gasteiger partial charge on any atom is 0.407 e. The number of ether oxygens (including phenoxy) is 1. The molecule has 0 aromatic carbocycles. The van der Waals surface area contributed by atoms with Gasteiger partial charge in [-0.3, -0.25) is 9.48 Å². The van der Waals surface area contributed by atoms with Crippen LogP contribution in [0.2, 0.25) is 0 Å². The van der Waals surface area contributed by atoms with E-state index in [2.05, 4.69) is 32.1 Å². The second-order valence-electron chi connectivity index (χ2n) is 8.32. The van der Waals surface area contributed by atoms with Crippen molar-refractivity contribution < 1.29 is 24.2 Å². The van der Waals surface area contributed by atoms with Gasteiger partial charge >= 0.3 is 12.1 Å². The quantitative estimate of drug-likeness (QED) is 0.418. The first kappa shape index (κ1) is 24.0. The van der Waals surface area contributed by atoms with Crippen molar-refractivity contribution in [1.82, 2.24) is 25.4 Å². The van der Waals surface area contributed by atoms with Crippen LogP contribution in [0.5, 0.6) is 0 Å². The number of hydrogen-bond donors (Lipinski definition) is 4. The predicted octanol–water partition coefficient (Wildman–Crippen LogP) is 1.44. The van der Waals surface area contributed by atoms with Gasteiger partial charge in [0.1, 0.15) is 11.9 Å². The third-order valence-corrected chi connectivity index (χ3v) is 5.05. The van der Waals surface area contributed by atoms with E-state index in [0.29, 0.717) is 18.5 Å². The summed E-state index contributed by atoms with van der Waals surface area (Å²) in [6.45, 7) is 5.08. The zero-order chi connectivity index (χ0) is 23.8. The van der Waals surface area contributed by atoms with E-state index in [1.807, 2.05) is 19.9 Å². The lowest BCUT2D eigenvalue weighted by molar-refractivity contribution is -0.139. The van der Waals surface area contributed by atoms with Gasteiger partial charge in [0, 0.05) is 37.9 Å². The highest BCUT2D eigenvalue weighted by molar-refractivity contribution is 5.94. The molecule has 0 bridgehead atoms. The second-order valence-corrected chi connectivity index (χ2v) is 8.32. The number of aryl methyl sites for hydroxylation is 3. The van der Waals surface area contributed by atoms with Crippen LogP contribution < -0.4 is 16.0 Å². The molecule has 0 saturated carbocycles. The molecule has 33 heavy (non-hydrogen) atoms. The first-order valence-corrected chi connectivity index (χ1v) is 11.0. The molecule has 11 heteroatoms. The van der Waals surface area contributed by atoms with Gasteiger partial charge in [-0.2, -0.15) is 5.10 Å². The topological polar surface area (TPSA) is 147 Å². The van der Waals surface area contributed by atoms with Crippen LogP contribution >= 0.6 is 0 Å². The summed E-state index contributed by atoms with van der Waals surface area (Å²) in [5, 5.41) is 21.5. The van der Waals surface area contributed by atoms with Crippen LogP contribution in [0.4, 0.5) is 10.6 Å². The number of rotatable bonds is 10. The molecular weight excluding hydrogens is 428 g/mol. The zero-order valence-corrected chi connectivity index (χ0v) is 18.8. The van der Waals surface area contributed by atoms with E-state index in [1.165, 1.54) is 11.8 Å². The van der Waals surface area contributed by atoms with E-state index < -0.39 is 24.0 Å². The van der Waals surface area contributed by atoms with Gasteiger partial charge in [0.05, 0.1) is 18.4 Å². The summed E-state index contributed by atoms with van der Waals surface area (Å²) in [4.78, 5) is 40.2. The molecular formula is C22H30N6O5. The van der Waals surface area contributed by atoms with Crippen LogP contribution in [-0.4, -0.2) is 63.6 Å². The average molecular weight is 459 g/mol. The molecule has 1 unspecified atom stereocenters. The highest BCUT2D eigenvalue weighted by Crippen LogP contribution is 2.19. The Kier molecular flexibility index (Phi) is 8.22. The van der Waals surface area contributed by atoms with Crippen LogP contribution in [0, 0.1) is 5.92 Å². The first-order chi connectivity index (χ1) is 15.8. The summed E-state index contributed by atoms with van der Waals surface area (Å²) < 4.78 is 6.56. The Morgan fingerprint density at radius 1 is 1.30 bits per heavy atom. The SMILES string of the molecule is CC(C)COC(=O)NC(CNC(=O)c1cnn(CCc2ccc3c(n2)NCCC3)c1)C(=O)O. The van der Waals surface area contributed by atoms with Gasteiger partial charge in [-0.1, -0.05) is 19.9 Å². The molecule has 2 aromatic rings. The number of fused-ring (bicyclic) bond motifs is 1. The minimum Gasteiger partial charge on any atom is -0.480 e. The molecule has 0 saturated heterocycles. The summed E-state index contributed by atoms with van der Waals surface area (Å²) in [5.41, 5.74) is 2.45. The molecule has 0 spiro atoms. The predicted molar refractivity (Wildman–Crippen MR) is 120 cm³/mol. The van der Waals surface area contributed by atoms with Crippen molar-refractivity contribution in [2.75, 3.05) is 25.0 Å². The number of carboxylic acid groups (broad SMARTS) is 1. The van der Waals surface area contributed by atoms with E-state index in [-0.39, 0.29) is 19.1 Å². The average Bonchev–Trinajstić information content (AvgIpc) is 3.27. The van der Waals surface area contributed by atoms with E-state index in [1.54, 1.807) is 10.9 Å². The number of anilines is 1. The monoisotopic (exact) mass is 458 g/mol. The number of aromatic nitrogens is 3. The number of aliphatic carboxylic acids is 1. The fourth-order valence-electron chi connectivity index (χ4n) is 3.26. The van der Waals surface area contributed by atoms with Crippen molar-refractivity contribution in [2.45, 2.75) is 45.7 Å². The Morgan fingerprint density at radius 2 is 2.12 bits per heavy atom. The van der Waals surface area contributed by atoms with Crippen molar-refractivity contribution >= 4 is 23.8 Å². The highest BCUT2D eigenvalue weighted by atomic mass is 16.5. The Morgan fingerprint density at radius 3 is 2.88 bits per heavy atom. The molecule has 2 aromatic heterocycles. The third kappa shape index (κ3) is 7.19. The first-order valence-electron chi connectivity index (χ1n) is 11.0. The molecule has 3 rings (SSSR count). The fourth-order valence-corrected chi connectivity index (χ4v) is 3.26. The number of pyridine rings is 1. The molecule has 1 aliphatic heterocycles. The lowest BCUT2D eigenvalue weighted by Gasteiger charge is -2.17. The van der Waals surface area contributed by atoms with Crippen LogP contribution in [0.1, 0.15) is 41.9 Å². The molecule has 11 nitrogen and oxygen atoms in total. The van der Waals surface area contributed by atoms with Gasteiger partial charge in [-0.15, -0.1) is 0 Å². The fraction of sp³-hybridized carbons (Fsp3) is 0.500. The van der Waals surface area contributed by atoms with Gasteiger partial charge < -0.3 is 25.8 Å². The zero-order valence-electron chi connectivity index (χ0n) is 18.8. The van der Waals surface area contributed by atoms with Crippen molar-refractivity contribution in [3.05, 3.63) is 41.3 Å². The third-order valence-electron chi connectivity index (χ3n) is 5.05. The van der Waals surface area contributed by atoms with Crippen LogP contribution in [0.3, 0.4) is 0 Å². The molecule has 4 N–H and O–H groups in total. The summed E-state index contributed by atoms with van der Waals surface area (Å²) >= 11 is 0. The van der Waals surface area contributed by atoms with E-state index >= 15 is 0 Å². The Bertz CT molecular complexity index is 989. The number of carbonyl (C=O) groups is 3. The van der Waals surface area contributed by atoms with Crippen LogP contribution in [-0.2, 0) is 28.9 Å². The molecule has 3 heterocycles. The van der Waals surface area contributed by atoms with E-state index in [9.17, 15) is 19.5 Å². The molecule has 1 aliphatic rings. The second kappa shape index (κ2) is 11.3. The Labute approximate surface area is 191 Å². The number of nitrogens with zero attached hydrogens (tertiary/aromatic N) is 3. The lowest BCUT2D eigenvalue weighted by Crippen LogP contribution is -2.48. The Hall–Kier alpha value is -3.63. The number of hydrogen-bond acceptors (Lipinski definition) is 7. The number of alkyl carbamates (subject to hydrolysis) is 1. The van der Waals surface area contributed by atoms with Gasteiger partial charge in [0.15, 0.2) is 0 Å². The molecule has 1 atom stereocenters. The van der Waals surface area contributed by atoms with Gasteiger partial charge in [0.25, 0.3) is 5.91 Å². The maximum atomic E-state index is 12.4. The lowest BCUT2D eigenvalue weighted by atomic mass is 10.1. The van der Waals surface area contributed by atoms with Gasteiger partial charge in [0.2, 0.25) is 0 Å². The Balaban J connectivity index is 1.48. The molecule has 178 valence electrons. The van der Waals surface area contributed by atoms with Crippen molar-refractivity contribution in [2.24, 2.45) is 5.92 Å². The largest absolute Gasteiger partial charge is 0.480 e. The molecule has 0 radical (unpaired) electrons. The summed E-state index contributed by atoms with van der Waals surface area (Å²) in [6.07, 6.45) is 4.96. The van der Waals surface area contributed by atoms with Crippen molar-refractivity contribution in [3.63, 3.8) is 0 Å². The molecule has 2 amide bonds. The summed E-state index contributed by atoms with van der Waals surface area (Å²) in [6, 6.07) is 2.79. The maximum absolute atomic E-state index is 12.4. The van der Waals surface area contributed by atoms with Gasteiger partial charge in [-0.25, -0.2) is 14.6 Å². The molecule has 0 fully saturated rings. The summed E-state index contributed by atoms with van der Waals surface area (Å²) in [5.74, 6) is -0.704. The van der Waals surface area contributed by atoms with E-state index in [0.717, 1.165) is 30.9 Å². The smallest absolute Gasteiger partial charge is 0.407 e. The van der Waals surface area contributed by atoms with Crippen molar-refractivity contribution in [1.29, 1.82) is 0 Å². The number of nitrogens with one attached hydrogen (secondary N) is 3. The number of carbonyl (C=O) groups excluding carboxylic acids is 2. The van der Waals surface area contributed by atoms with Crippen LogP contribution in [0.25, 0.3) is 0 Å². The van der Waals surface area contributed by atoms with Crippen LogP contribution in [0.15, 0.2) is 24.5 Å². The normalized spacial score (nSPS) is 13.5. The van der Waals surface area contributed by atoms with E-state index in [4.69, 9.17) is 4.74 Å². The van der Waals surface area contributed by atoms with Crippen molar-refractivity contribution in [3.8, 4) is 0 Å². The number of amides is 2. The number of carboxylic acids is 1.